The lowest BCUT2D eigenvalue weighted by Gasteiger charge is -2.21. The van der Waals surface area contributed by atoms with E-state index in [1.807, 2.05) is 0 Å². The molecule has 0 aromatic heterocycles. The Labute approximate surface area is 626 Å². The average molecular weight is 1490 g/mol. The highest BCUT2D eigenvalue weighted by Crippen LogP contribution is 2.45. The molecule has 102 heavy (non-hydrogen) atoms. The van der Waals surface area contributed by atoms with E-state index in [2.05, 4.69) is 34.6 Å². The number of rotatable bonds is 83. The third-order valence-corrected chi connectivity index (χ3v) is 21.4. The summed E-state index contributed by atoms with van der Waals surface area (Å²) in [6, 6.07) is 0. The van der Waals surface area contributed by atoms with Crippen LogP contribution in [0.3, 0.4) is 0 Å². The maximum absolute atomic E-state index is 13.1. The molecule has 5 atom stereocenters. The molecule has 0 rings (SSSR count). The van der Waals surface area contributed by atoms with Crippen LogP contribution in [0.25, 0.3) is 0 Å². The predicted molar refractivity (Wildman–Crippen MR) is 418 cm³/mol. The van der Waals surface area contributed by atoms with Crippen LogP contribution in [-0.4, -0.2) is 96.7 Å². The molecule has 0 radical (unpaired) electrons. The van der Waals surface area contributed by atoms with Gasteiger partial charge in [0, 0.05) is 25.7 Å². The second-order valence-corrected chi connectivity index (χ2v) is 33.3. The number of phosphoric acid groups is 2. The number of carbonyl (C=O) groups is 4. The molecule has 0 saturated carbocycles. The fraction of sp³-hybridized carbons (Fsp3) is 0.952. The van der Waals surface area contributed by atoms with E-state index >= 15 is 0 Å². The van der Waals surface area contributed by atoms with Crippen LogP contribution < -0.4 is 0 Å². The summed E-state index contributed by atoms with van der Waals surface area (Å²) in [7, 11) is -9.92. The third-order valence-electron chi connectivity index (χ3n) is 19.5. The fourth-order valence-corrected chi connectivity index (χ4v) is 14.5. The van der Waals surface area contributed by atoms with Gasteiger partial charge in [0.1, 0.15) is 19.3 Å². The number of hydrogen-bond acceptors (Lipinski definition) is 15. The van der Waals surface area contributed by atoms with E-state index < -0.39 is 97.5 Å². The fourth-order valence-electron chi connectivity index (χ4n) is 12.9. The number of carbonyl (C=O) groups excluding carboxylic acids is 4. The molecular weight excluding hydrogens is 1330 g/mol. The van der Waals surface area contributed by atoms with Gasteiger partial charge in [-0.25, -0.2) is 9.13 Å². The highest BCUT2D eigenvalue weighted by atomic mass is 31.2. The van der Waals surface area contributed by atoms with E-state index in [9.17, 15) is 43.2 Å². The van der Waals surface area contributed by atoms with Crippen molar-refractivity contribution >= 4 is 39.5 Å². The standard InChI is InChI=1S/C83H162O17P2/c1-6-9-12-15-18-21-24-26-28-30-32-33-34-36-38-40-42-45-48-53-59-64-69-83(88)99-78(72-93-80(85)66-61-56-51-46-44-41-39-37-35-31-29-27-25-22-19-16-13-10-7-2)74-97-101(89,90)95-70-77(84)71-96-102(91,92)98-75-79(73-94-81(86)67-62-57-54-49-50-55-60-65-76(4)5)100-82(87)68-63-58-52-47-43-23-20-17-14-11-8-3/h76-79,84H,6-75H2,1-5H3,(H,89,90)(H,91,92)/t77-,78-,79-/m1/s1. The van der Waals surface area contributed by atoms with E-state index in [-0.39, 0.29) is 25.7 Å². The second-order valence-electron chi connectivity index (χ2n) is 30.3. The first-order valence-corrected chi connectivity index (χ1v) is 46.1. The highest BCUT2D eigenvalue weighted by molar-refractivity contribution is 7.47. The number of aliphatic hydroxyl groups is 1. The summed E-state index contributed by atoms with van der Waals surface area (Å²) in [4.78, 5) is 73.0. The van der Waals surface area contributed by atoms with Crippen molar-refractivity contribution in [3.05, 3.63) is 0 Å². The molecule has 0 spiro atoms. The maximum atomic E-state index is 13.1. The molecule has 19 heteroatoms. The summed E-state index contributed by atoms with van der Waals surface area (Å²) in [6.45, 7) is 7.27. The molecule has 2 unspecified atom stereocenters. The van der Waals surface area contributed by atoms with E-state index in [1.54, 1.807) is 0 Å². The second kappa shape index (κ2) is 75.9. The monoisotopic (exact) mass is 1490 g/mol. The third kappa shape index (κ3) is 76.3. The molecule has 0 heterocycles. The number of aliphatic hydroxyl groups excluding tert-OH is 1. The lowest BCUT2D eigenvalue weighted by atomic mass is 10.0. The van der Waals surface area contributed by atoms with Gasteiger partial charge in [0.15, 0.2) is 12.2 Å². The molecule has 0 aromatic rings. The normalized spacial score (nSPS) is 13.8. The van der Waals surface area contributed by atoms with Gasteiger partial charge in [0.25, 0.3) is 0 Å². The first-order valence-electron chi connectivity index (χ1n) is 43.1. The zero-order valence-electron chi connectivity index (χ0n) is 66.8. The minimum absolute atomic E-state index is 0.107. The van der Waals surface area contributed by atoms with Crippen LogP contribution in [-0.2, 0) is 65.4 Å². The van der Waals surface area contributed by atoms with Crippen molar-refractivity contribution in [3.8, 4) is 0 Å². The SMILES string of the molecule is CCCCCCCCCCCCCCCCCCCCCCCCC(=O)O[C@H](COC(=O)CCCCCCCCCCCCCCCCCCCCC)COP(=O)(O)OC[C@@H](O)COP(=O)(O)OC[C@@H](COC(=O)CCCCCCCCCC(C)C)OC(=O)CCCCCCCCCCCCC. The first kappa shape index (κ1) is 100. The molecule has 0 aromatic carbocycles. The summed E-state index contributed by atoms with van der Waals surface area (Å²) in [6.07, 6.45) is 68.3. The van der Waals surface area contributed by atoms with Gasteiger partial charge in [0.05, 0.1) is 26.4 Å². The van der Waals surface area contributed by atoms with E-state index in [0.29, 0.717) is 31.6 Å². The Morgan fingerprint density at radius 2 is 0.451 bits per heavy atom. The van der Waals surface area contributed by atoms with Gasteiger partial charge in [-0.05, 0) is 31.6 Å². The van der Waals surface area contributed by atoms with Crippen molar-refractivity contribution in [1.29, 1.82) is 0 Å². The quantitative estimate of drug-likeness (QED) is 0.0222. The van der Waals surface area contributed by atoms with Crippen molar-refractivity contribution in [2.45, 2.75) is 464 Å². The summed E-state index contributed by atoms with van der Waals surface area (Å²) < 4.78 is 68.7. The molecule has 0 bridgehead atoms. The Bertz CT molecular complexity index is 1940. The summed E-state index contributed by atoms with van der Waals surface area (Å²) >= 11 is 0. The Morgan fingerprint density at radius 3 is 0.667 bits per heavy atom. The van der Waals surface area contributed by atoms with Crippen LogP contribution in [0, 0.1) is 5.92 Å². The smallest absolute Gasteiger partial charge is 0.462 e. The van der Waals surface area contributed by atoms with Gasteiger partial charge < -0.3 is 33.8 Å². The topological polar surface area (TPSA) is 237 Å². The Balaban J connectivity index is 5.18. The number of ether oxygens (including phenoxy) is 4. The maximum Gasteiger partial charge on any atom is 0.472 e. The minimum Gasteiger partial charge on any atom is -0.462 e. The zero-order chi connectivity index (χ0) is 74.8. The van der Waals surface area contributed by atoms with E-state index in [4.69, 9.17) is 37.0 Å². The van der Waals surface area contributed by atoms with Crippen molar-refractivity contribution in [2.24, 2.45) is 5.92 Å². The van der Waals surface area contributed by atoms with Gasteiger partial charge in [-0.2, -0.15) is 0 Å². The Hall–Kier alpha value is -1.94. The van der Waals surface area contributed by atoms with E-state index in [1.165, 1.54) is 263 Å². The van der Waals surface area contributed by atoms with E-state index in [0.717, 1.165) is 96.3 Å². The molecule has 0 amide bonds. The van der Waals surface area contributed by atoms with Gasteiger partial charge in [-0.3, -0.25) is 37.3 Å². The molecule has 0 aliphatic carbocycles. The lowest BCUT2D eigenvalue weighted by Crippen LogP contribution is -2.30. The minimum atomic E-state index is -4.96. The van der Waals surface area contributed by atoms with Gasteiger partial charge in [-0.1, -0.05) is 394 Å². The summed E-state index contributed by atoms with van der Waals surface area (Å²) in [5.41, 5.74) is 0. The average Bonchev–Trinajstić information content (AvgIpc) is 0.939. The van der Waals surface area contributed by atoms with Gasteiger partial charge in [-0.15, -0.1) is 0 Å². The molecule has 17 nitrogen and oxygen atoms in total. The van der Waals surface area contributed by atoms with Crippen LogP contribution in [0.5, 0.6) is 0 Å². The summed E-state index contributed by atoms with van der Waals surface area (Å²) in [5.74, 6) is -1.40. The van der Waals surface area contributed by atoms with Crippen LogP contribution in [0.2, 0.25) is 0 Å². The van der Waals surface area contributed by atoms with Crippen molar-refractivity contribution in [3.63, 3.8) is 0 Å². The molecule has 0 aliphatic rings. The van der Waals surface area contributed by atoms with Gasteiger partial charge >= 0.3 is 39.5 Å². The number of unbranched alkanes of at least 4 members (excludes halogenated alkanes) is 55. The first-order chi connectivity index (χ1) is 49.5. The Morgan fingerprint density at radius 1 is 0.265 bits per heavy atom. The molecule has 0 fully saturated rings. The van der Waals surface area contributed by atoms with Crippen LogP contribution in [0.15, 0.2) is 0 Å². The van der Waals surface area contributed by atoms with Crippen molar-refractivity contribution in [1.82, 2.24) is 0 Å². The van der Waals surface area contributed by atoms with Gasteiger partial charge in [0.2, 0.25) is 0 Å². The molecular formula is C83H162O17P2. The number of phosphoric ester groups is 2. The summed E-state index contributed by atoms with van der Waals surface area (Å²) in [5, 5.41) is 10.6. The van der Waals surface area contributed by atoms with Crippen LogP contribution >= 0.6 is 15.6 Å². The van der Waals surface area contributed by atoms with Crippen molar-refractivity contribution in [2.75, 3.05) is 39.6 Å². The highest BCUT2D eigenvalue weighted by Gasteiger charge is 2.30. The largest absolute Gasteiger partial charge is 0.472 e. The molecule has 0 aliphatic heterocycles. The number of esters is 4. The molecule has 606 valence electrons. The lowest BCUT2D eigenvalue weighted by molar-refractivity contribution is -0.161. The predicted octanol–water partition coefficient (Wildman–Crippen LogP) is 25.2. The molecule has 0 saturated heterocycles. The van der Waals surface area contributed by atoms with Crippen molar-refractivity contribution < 1.29 is 80.2 Å². The van der Waals surface area contributed by atoms with Crippen LogP contribution in [0.1, 0.15) is 446 Å². The van der Waals surface area contributed by atoms with Crippen LogP contribution in [0.4, 0.5) is 0 Å². The molecule has 3 N–H and O–H groups in total. The Kier molecular flexibility index (Phi) is 74.4. The number of hydrogen-bond donors (Lipinski definition) is 3. The zero-order valence-corrected chi connectivity index (χ0v) is 68.5.